The number of sulfonamides is 2. The van der Waals surface area contributed by atoms with E-state index in [-0.39, 0.29) is 64.0 Å². The number of halogens is 1. The van der Waals surface area contributed by atoms with E-state index in [1.54, 1.807) is 19.9 Å². The first kappa shape index (κ1) is 38.6. The minimum Gasteiger partial charge on any atom is -0.490 e. The van der Waals surface area contributed by atoms with Gasteiger partial charge >= 0.3 is 0 Å². The van der Waals surface area contributed by atoms with Crippen LogP contribution < -0.4 is 9.46 Å². The lowest BCUT2D eigenvalue weighted by molar-refractivity contribution is -0.00835. The smallest absolute Gasteiger partial charge is 0.261 e. The summed E-state index contributed by atoms with van der Waals surface area (Å²) in [4.78, 5) is 15.8. The molecule has 2 aromatic carbocycles. The molecule has 3 aromatic rings. The Morgan fingerprint density at radius 1 is 1.10 bits per heavy atom. The van der Waals surface area contributed by atoms with E-state index in [9.17, 15) is 26.7 Å². The van der Waals surface area contributed by atoms with Gasteiger partial charge in [0.25, 0.3) is 15.9 Å². The predicted octanol–water partition coefficient (Wildman–Crippen LogP) is 4.86. The number of ether oxygens (including phenoxy) is 2. The van der Waals surface area contributed by atoms with Crippen molar-refractivity contribution in [3.63, 3.8) is 0 Å². The number of aliphatic hydroxyl groups excluding tert-OH is 1. The van der Waals surface area contributed by atoms with Crippen LogP contribution in [0.15, 0.2) is 56.8 Å². The highest BCUT2D eigenvalue weighted by Crippen LogP contribution is 2.30. The molecule has 0 aliphatic carbocycles. The second-order valence-electron chi connectivity index (χ2n) is 12.5. The number of rotatable bonds is 9. The van der Waals surface area contributed by atoms with Gasteiger partial charge in [-0.3, -0.25) is 9.52 Å². The molecule has 2 heterocycles. The Labute approximate surface area is 293 Å². The number of aryl methyl sites for hydroxylation is 2. The van der Waals surface area contributed by atoms with Crippen LogP contribution in [0.1, 0.15) is 61.8 Å². The van der Waals surface area contributed by atoms with Crippen molar-refractivity contribution >= 4 is 43.2 Å². The van der Waals surface area contributed by atoms with E-state index in [4.69, 9.17) is 25.6 Å². The van der Waals surface area contributed by atoms with Gasteiger partial charge in [-0.2, -0.15) is 4.31 Å². The number of nitrogens with zero attached hydrogens (tertiary/aromatic N) is 3. The van der Waals surface area contributed by atoms with Crippen LogP contribution >= 0.6 is 11.6 Å². The van der Waals surface area contributed by atoms with Crippen molar-refractivity contribution in [1.29, 1.82) is 0 Å². The van der Waals surface area contributed by atoms with Crippen LogP contribution in [-0.4, -0.2) is 93.8 Å². The van der Waals surface area contributed by atoms with Crippen molar-refractivity contribution < 1.29 is 40.7 Å². The second kappa shape index (κ2) is 16.2. The van der Waals surface area contributed by atoms with Crippen LogP contribution in [0.4, 0.5) is 5.69 Å². The van der Waals surface area contributed by atoms with Gasteiger partial charge in [-0.15, -0.1) is 0 Å². The van der Waals surface area contributed by atoms with Gasteiger partial charge < -0.3 is 24.0 Å². The summed E-state index contributed by atoms with van der Waals surface area (Å²) in [6, 6.07) is 9.53. The summed E-state index contributed by atoms with van der Waals surface area (Å²) in [5.41, 5.74) is 0.488. The number of fused-ring (bicyclic) bond motifs is 1. The van der Waals surface area contributed by atoms with Crippen LogP contribution in [0, 0.1) is 19.8 Å². The third-order valence-corrected chi connectivity index (χ3v) is 12.2. The molecular weight excluding hydrogens is 696 g/mol. The number of hydrogen-bond acceptors (Lipinski definition) is 10. The molecule has 270 valence electrons. The number of nitrogens with one attached hydrogen (secondary N) is 1. The molecule has 0 spiro atoms. The fraction of sp³-hybridized carbons (Fsp3) is 0.515. The zero-order valence-electron chi connectivity index (χ0n) is 28.5. The number of aliphatic hydroxyl groups is 1. The second-order valence-corrected chi connectivity index (χ2v) is 16.6. The van der Waals surface area contributed by atoms with Gasteiger partial charge in [0.15, 0.2) is 5.76 Å². The molecule has 2 N–H and O–H groups in total. The van der Waals surface area contributed by atoms with Crippen LogP contribution in [-0.2, 0) is 24.8 Å². The van der Waals surface area contributed by atoms with Crippen LogP contribution in [0.3, 0.4) is 0 Å². The quantitative estimate of drug-likeness (QED) is 0.309. The summed E-state index contributed by atoms with van der Waals surface area (Å²) < 4.78 is 74.8. The molecular formula is C33H45ClN4O9S2. The molecule has 1 aromatic heterocycles. The normalized spacial score (nSPS) is 20.7. The van der Waals surface area contributed by atoms with E-state index in [0.29, 0.717) is 24.5 Å². The zero-order chi connectivity index (χ0) is 36.1. The number of likely N-dealkylation sites (N-methyl/N-ethyl adjacent to an activating group) is 1. The van der Waals surface area contributed by atoms with Gasteiger partial charge in [0.05, 0.1) is 35.3 Å². The molecule has 1 aliphatic heterocycles. The maximum atomic E-state index is 14.4. The number of aromatic nitrogens is 1. The first-order valence-corrected chi connectivity index (χ1v) is 19.4. The maximum Gasteiger partial charge on any atom is 0.261 e. The fourth-order valence-electron chi connectivity index (χ4n) is 5.63. The first-order chi connectivity index (χ1) is 23.0. The molecule has 0 fully saturated rings. The molecule has 0 bridgehead atoms. The maximum absolute atomic E-state index is 14.4. The highest BCUT2D eigenvalue weighted by molar-refractivity contribution is 7.92. The van der Waals surface area contributed by atoms with Crippen LogP contribution in [0.2, 0.25) is 5.02 Å². The van der Waals surface area contributed by atoms with Crippen molar-refractivity contribution in [1.82, 2.24) is 14.4 Å². The summed E-state index contributed by atoms with van der Waals surface area (Å²) >= 11 is 5.94. The van der Waals surface area contributed by atoms with Crippen LogP contribution in [0.25, 0.3) is 0 Å². The van der Waals surface area contributed by atoms with Crippen molar-refractivity contribution in [2.75, 3.05) is 38.1 Å². The van der Waals surface area contributed by atoms with Gasteiger partial charge in [0.2, 0.25) is 10.0 Å². The molecule has 1 aliphatic rings. The average Bonchev–Trinajstić information content (AvgIpc) is 3.40. The van der Waals surface area contributed by atoms with Crippen molar-refractivity contribution in [3.8, 4) is 5.75 Å². The zero-order valence-corrected chi connectivity index (χ0v) is 30.9. The monoisotopic (exact) mass is 740 g/mol. The van der Waals surface area contributed by atoms with Crippen LogP contribution in [0.5, 0.6) is 5.75 Å². The molecule has 0 saturated heterocycles. The summed E-state index contributed by atoms with van der Waals surface area (Å²) in [7, 11) is -6.54. The molecule has 0 saturated carbocycles. The summed E-state index contributed by atoms with van der Waals surface area (Å²) in [6.07, 6.45) is 1.14. The van der Waals surface area contributed by atoms with Crippen molar-refractivity contribution in [3.05, 3.63) is 64.5 Å². The highest BCUT2D eigenvalue weighted by atomic mass is 35.5. The van der Waals surface area contributed by atoms with Gasteiger partial charge in [0, 0.05) is 43.4 Å². The Balaban J connectivity index is 1.69. The molecule has 13 nitrogen and oxygen atoms in total. The minimum atomic E-state index is -4.02. The predicted molar refractivity (Wildman–Crippen MR) is 185 cm³/mol. The number of carbonyl (C=O) groups excluding carboxylic acids is 1. The SMILES string of the molecule is Cc1noc(C)c1S(=O)(=O)N(C)C[C@H]1OCCCC[C@H](C)Oc2ccc(NS(=O)(=O)c3ccc(Cl)cc3)cc2C(=O)N([C@@H](C)CO)C[C@@H]1C. The standard InChI is InChI=1S/C33H45ClN4O9S2/c1-21-18-38(22(2)20-39)33(40)29-17-27(36-48(41,42)28-13-10-26(34)11-14-28)12-15-30(29)46-23(3)9-7-8-16-45-31(21)19-37(6)49(43,44)32-24(4)35-47-25(32)5/h10-15,17,21-23,31,36,39H,7-9,16,18-20H2,1-6H3/t21-,22-,23-,31+/m0/s1. The Morgan fingerprint density at radius 3 is 2.43 bits per heavy atom. The number of anilines is 1. The largest absolute Gasteiger partial charge is 0.490 e. The fourth-order valence-corrected chi connectivity index (χ4v) is 8.27. The number of carbonyl (C=O) groups is 1. The van der Waals surface area contributed by atoms with E-state index in [1.165, 1.54) is 59.6 Å². The first-order valence-electron chi connectivity index (χ1n) is 16.1. The molecule has 16 heteroatoms. The molecule has 49 heavy (non-hydrogen) atoms. The molecule has 4 rings (SSSR count). The Morgan fingerprint density at radius 2 is 1.80 bits per heavy atom. The topological polar surface area (TPSA) is 169 Å². The summed E-state index contributed by atoms with van der Waals surface area (Å²) in [6.45, 7) is 8.59. The lowest BCUT2D eigenvalue weighted by Crippen LogP contribution is -2.48. The molecule has 0 unspecified atom stereocenters. The summed E-state index contributed by atoms with van der Waals surface area (Å²) in [5.74, 6) is -0.457. The molecule has 1 amide bonds. The van der Waals surface area contributed by atoms with Gasteiger partial charge in [-0.1, -0.05) is 23.7 Å². The summed E-state index contributed by atoms with van der Waals surface area (Å²) in [5, 5.41) is 14.4. The van der Waals surface area contributed by atoms with E-state index >= 15 is 0 Å². The van der Waals surface area contributed by atoms with Gasteiger partial charge in [-0.05, 0) is 89.4 Å². The lowest BCUT2D eigenvalue weighted by Gasteiger charge is -2.35. The third-order valence-electron chi connectivity index (χ3n) is 8.50. The Bertz CT molecular complexity index is 1800. The minimum absolute atomic E-state index is 0.00216. The van der Waals surface area contributed by atoms with Crippen molar-refractivity contribution in [2.24, 2.45) is 5.92 Å². The Kier molecular flexibility index (Phi) is 12.8. The van der Waals surface area contributed by atoms with Crippen molar-refractivity contribution in [2.45, 2.75) is 81.9 Å². The van der Waals surface area contributed by atoms with E-state index in [1.807, 2.05) is 13.8 Å². The van der Waals surface area contributed by atoms with E-state index < -0.39 is 44.0 Å². The van der Waals surface area contributed by atoms with E-state index in [2.05, 4.69) is 9.88 Å². The van der Waals surface area contributed by atoms with E-state index in [0.717, 1.165) is 6.42 Å². The Hall–Kier alpha value is -3.21. The van der Waals surface area contributed by atoms with Gasteiger partial charge in [-0.25, -0.2) is 16.8 Å². The third kappa shape index (κ3) is 9.32. The molecule has 0 radical (unpaired) electrons. The number of amides is 1. The number of benzene rings is 2. The lowest BCUT2D eigenvalue weighted by atomic mass is 10.0. The molecule has 4 atom stereocenters. The van der Waals surface area contributed by atoms with Gasteiger partial charge in [0.1, 0.15) is 16.3 Å². The highest BCUT2D eigenvalue weighted by Gasteiger charge is 2.34. The average molecular weight is 741 g/mol. The number of hydrogen-bond donors (Lipinski definition) is 2.